The van der Waals surface area contributed by atoms with Crippen LogP contribution in [0.25, 0.3) is 0 Å². The van der Waals surface area contributed by atoms with Gasteiger partial charge in [0.15, 0.2) is 0 Å². The van der Waals surface area contributed by atoms with Gasteiger partial charge >= 0.3 is 0 Å². The Bertz CT molecular complexity index is 1190. The fourth-order valence-electron chi connectivity index (χ4n) is 6.39. The highest BCUT2D eigenvalue weighted by Crippen LogP contribution is 2.61. The number of hydrogen-bond donors (Lipinski definition) is 1. The average molecular weight is 436 g/mol. The molecule has 1 spiro atoms. The van der Waals surface area contributed by atoms with Gasteiger partial charge in [-0.25, -0.2) is 4.90 Å². The maximum atomic E-state index is 13.9. The number of nitrogens with zero attached hydrogens (tertiary/aromatic N) is 2. The van der Waals surface area contributed by atoms with Gasteiger partial charge in [0, 0.05) is 22.3 Å². The first-order valence-electron chi connectivity index (χ1n) is 10.7. The minimum atomic E-state index is -1.14. The average Bonchev–Trinajstić information content (AvgIpc) is 3.43. The molecular weight excluding hydrogens is 414 g/mol. The van der Waals surface area contributed by atoms with Gasteiger partial charge in [0.1, 0.15) is 5.54 Å². The molecule has 4 aliphatic rings. The highest BCUT2D eigenvalue weighted by molar-refractivity contribution is 6.31. The molecule has 2 aromatic rings. The summed E-state index contributed by atoms with van der Waals surface area (Å²) in [6.45, 7) is 4.70. The fraction of sp³-hybridized carbons (Fsp3) is 0.375. The number of anilines is 2. The third-order valence-electron chi connectivity index (χ3n) is 7.77. The molecular formula is C24H22ClN3O3. The SMILES string of the molecule is Cc1ccc2c(c1C)NC(=O)[C@@]21[C@@H]2C(=O)N(c3cccc(Cl)c3)C(=O)[C@@H]2[C@H]2CCCN21. The van der Waals surface area contributed by atoms with Crippen LogP contribution >= 0.6 is 11.6 Å². The van der Waals surface area contributed by atoms with Crippen molar-refractivity contribution in [1.29, 1.82) is 0 Å². The molecule has 3 amide bonds. The van der Waals surface area contributed by atoms with Gasteiger partial charge < -0.3 is 5.32 Å². The standard InChI is InChI=1S/C24H22ClN3O3/c1-12-8-9-16-20(13(12)2)26-23(31)24(16)19-18(17-7-4-10-27(17)24)21(29)28(22(19)30)15-6-3-5-14(25)11-15/h3,5-6,8-9,11,17-19H,4,7,10H2,1-2H3,(H,26,31)/t17-,18-,19+,24+/m1/s1. The quantitative estimate of drug-likeness (QED) is 0.697. The first kappa shape index (κ1) is 19.0. The van der Waals surface area contributed by atoms with Crippen LogP contribution in [-0.4, -0.2) is 35.2 Å². The summed E-state index contributed by atoms with van der Waals surface area (Å²) in [5, 5.41) is 3.54. The van der Waals surface area contributed by atoms with Crippen molar-refractivity contribution >= 4 is 40.7 Å². The third-order valence-corrected chi connectivity index (χ3v) is 8.00. The van der Waals surface area contributed by atoms with Crippen molar-refractivity contribution < 1.29 is 14.4 Å². The van der Waals surface area contributed by atoms with Crippen molar-refractivity contribution in [3.05, 3.63) is 58.1 Å². The molecule has 0 aromatic heterocycles. The van der Waals surface area contributed by atoms with E-state index in [0.29, 0.717) is 17.3 Å². The number of imide groups is 1. The monoisotopic (exact) mass is 435 g/mol. The molecule has 0 unspecified atom stereocenters. The molecule has 0 bridgehead atoms. The topological polar surface area (TPSA) is 69.7 Å². The number of nitrogens with one attached hydrogen (secondary N) is 1. The predicted octanol–water partition coefficient (Wildman–Crippen LogP) is 3.39. The van der Waals surface area contributed by atoms with E-state index in [2.05, 4.69) is 10.2 Å². The van der Waals surface area contributed by atoms with Crippen molar-refractivity contribution in [2.45, 2.75) is 38.3 Å². The number of hydrogen-bond acceptors (Lipinski definition) is 4. The van der Waals surface area contributed by atoms with Gasteiger partial charge in [0.2, 0.25) is 17.7 Å². The number of aryl methyl sites for hydroxylation is 1. The highest BCUT2D eigenvalue weighted by Gasteiger charge is 2.74. The van der Waals surface area contributed by atoms with E-state index in [9.17, 15) is 14.4 Å². The minimum absolute atomic E-state index is 0.121. The van der Waals surface area contributed by atoms with Crippen LogP contribution in [-0.2, 0) is 19.9 Å². The lowest BCUT2D eigenvalue weighted by Gasteiger charge is -2.36. The maximum absolute atomic E-state index is 13.9. The van der Waals surface area contributed by atoms with E-state index >= 15 is 0 Å². The molecule has 0 aliphatic carbocycles. The van der Waals surface area contributed by atoms with Crippen molar-refractivity contribution in [3.8, 4) is 0 Å². The van der Waals surface area contributed by atoms with E-state index in [1.165, 1.54) is 4.90 Å². The highest BCUT2D eigenvalue weighted by atomic mass is 35.5. The maximum Gasteiger partial charge on any atom is 0.250 e. The number of halogens is 1. The van der Waals surface area contributed by atoms with Gasteiger partial charge in [0.25, 0.3) is 0 Å². The molecule has 7 heteroatoms. The Balaban J connectivity index is 1.57. The van der Waals surface area contributed by atoms with Crippen LogP contribution < -0.4 is 10.2 Å². The first-order chi connectivity index (χ1) is 14.9. The zero-order valence-corrected chi connectivity index (χ0v) is 18.1. The summed E-state index contributed by atoms with van der Waals surface area (Å²) in [6.07, 6.45) is 1.71. The second kappa shape index (κ2) is 6.17. The molecule has 3 saturated heterocycles. The smallest absolute Gasteiger partial charge is 0.250 e. The number of fused-ring (bicyclic) bond motifs is 7. The lowest BCUT2D eigenvalue weighted by molar-refractivity contribution is -0.135. The predicted molar refractivity (Wildman–Crippen MR) is 117 cm³/mol. The minimum Gasteiger partial charge on any atom is -0.324 e. The van der Waals surface area contributed by atoms with Crippen LogP contribution in [0.5, 0.6) is 0 Å². The van der Waals surface area contributed by atoms with Crippen LogP contribution in [0.15, 0.2) is 36.4 Å². The van der Waals surface area contributed by atoms with Crippen molar-refractivity contribution in [1.82, 2.24) is 4.90 Å². The Kier molecular flexibility index (Phi) is 3.79. The van der Waals surface area contributed by atoms with Crippen molar-refractivity contribution in [3.63, 3.8) is 0 Å². The van der Waals surface area contributed by atoms with E-state index < -0.39 is 17.4 Å². The van der Waals surface area contributed by atoms with Gasteiger partial charge in [-0.05, 0) is 62.6 Å². The van der Waals surface area contributed by atoms with E-state index in [1.807, 2.05) is 26.0 Å². The van der Waals surface area contributed by atoms with E-state index in [4.69, 9.17) is 11.6 Å². The number of benzene rings is 2. The second-order valence-electron chi connectivity index (χ2n) is 9.05. The number of carbonyl (C=O) groups is 3. The lowest BCUT2D eigenvalue weighted by Crippen LogP contribution is -2.54. The molecule has 4 heterocycles. The zero-order valence-electron chi connectivity index (χ0n) is 17.3. The fourth-order valence-corrected chi connectivity index (χ4v) is 6.57. The summed E-state index contributed by atoms with van der Waals surface area (Å²) in [4.78, 5) is 44.6. The normalized spacial score (nSPS) is 31.4. The van der Waals surface area contributed by atoms with Gasteiger partial charge in [-0.1, -0.05) is 29.8 Å². The largest absolute Gasteiger partial charge is 0.324 e. The van der Waals surface area contributed by atoms with Crippen molar-refractivity contribution in [2.75, 3.05) is 16.8 Å². The Hall–Kier alpha value is -2.70. The number of carbonyl (C=O) groups excluding carboxylic acids is 3. The number of rotatable bonds is 1. The molecule has 6 nitrogen and oxygen atoms in total. The summed E-state index contributed by atoms with van der Waals surface area (Å²) in [5.74, 6) is -2.01. The van der Waals surface area contributed by atoms with Gasteiger partial charge in [-0.15, -0.1) is 0 Å². The molecule has 158 valence electrons. The van der Waals surface area contributed by atoms with E-state index in [-0.39, 0.29) is 23.8 Å². The van der Waals surface area contributed by atoms with Crippen LogP contribution in [0.3, 0.4) is 0 Å². The molecule has 2 aromatic carbocycles. The van der Waals surface area contributed by atoms with Crippen LogP contribution in [0.1, 0.15) is 29.5 Å². The Labute approximate surface area is 185 Å². The van der Waals surface area contributed by atoms with Gasteiger partial charge in [0.05, 0.1) is 17.5 Å². The molecule has 3 fully saturated rings. The summed E-state index contributed by atoms with van der Waals surface area (Å²) in [6, 6.07) is 10.6. The molecule has 31 heavy (non-hydrogen) atoms. The first-order valence-corrected chi connectivity index (χ1v) is 11.1. The Morgan fingerprint density at radius 2 is 1.90 bits per heavy atom. The summed E-state index contributed by atoms with van der Waals surface area (Å²) in [5.41, 5.74) is 3.03. The zero-order chi connectivity index (χ0) is 21.7. The summed E-state index contributed by atoms with van der Waals surface area (Å²) in [7, 11) is 0. The number of amides is 3. The van der Waals surface area contributed by atoms with Crippen molar-refractivity contribution in [2.24, 2.45) is 11.8 Å². The summed E-state index contributed by atoms with van der Waals surface area (Å²) >= 11 is 6.15. The Morgan fingerprint density at radius 1 is 1.10 bits per heavy atom. The third kappa shape index (κ3) is 2.14. The molecule has 1 N–H and O–H groups in total. The molecule has 0 radical (unpaired) electrons. The van der Waals surface area contributed by atoms with Crippen LogP contribution in [0, 0.1) is 25.7 Å². The second-order valence-corrected chi connectivity index (χ2v) is 9.49. The molecule has 6 rings (SSSR count). The lowest BCUT2D eigenvalue weighted by atomic mass is 9.75. The van der Waals surface area contributed by atoms with Crippen LogP contribution in [0.2, 0.25) is 5.02 Å². The molecule has 0 saturated carbocycles. The summed E-state index contributed by atoms with van der Waals surface area (Å²) < 4.78 is 0. The van der Waals surface area contributed by atoms with Gasteiger partial charge in [-0.3, -0.25) is 19.3 Å². The molecule has 4 atom stereocenters. The van der Waals surface area contributed by atoms with E-state index in [0.717, 1.165) is 35.2 Å². The Morgan fingerprint density at radius 3 is 2.68 bits per heavy atom. The van der Waals surface area contributed by atoms with E-state index in [1.54, 1.807) is 24.3 Å². The van der Waals surface area contributed by atoms with Gasteiger partial charge in [-0.2, -0.15) is 0 Å². The van der Waals surface area contributed by atoms with Crippen LogP contribution in [0.4, 0.5) is 11.4 Å². The molecule has 4 aliphatic heterocycles.